The first-order chi connectivity index (χ1) is 14.6. The van der Waals surface area contributed by atoms with Crippen LogP contribution < -0.4 is 5.32 Å². The largest absolute Gasteiger partial charge is 0.351 e. The Bertz CT molecular complexity index is 823. The summed E-state index contributed by atoms with van der Waals surface area (Å²) >= 11 is 3.18. The highest BCUT2D eigenvalue weighted by molar-refractivity contribution is 8.00. The van der Waals surface area contributed by atoms with Crippen molar-refractivity contribution in [3.05, 3.63) is 60.2 Å². The molecule has 1 fully saturated rings. The third-order valence-corrected chi connectivity index (χ3v) is 7.47. The van der Waals surface area contributed by atoms with Gasteiger partial charge in [0.15, 0.2) is 0 Å². The smallest absolute Gasteiger partial charge is 0.252 e. The first-order valence-corrected chi connectivity index (χ1v) is 12.6. The summed E-state index contributed by atoms with van der Waals surface area (Å²) in [7, 11) is 1.92. The second-order valence-corrected chi connectivity index (χ2v) is 9.68. The first-order valence-electron chi connectivity index (χ1n) is 10.6. The minimum absolute atomic E-state index is 0.0835. The molecule has 1 saturated carbocycles. The number of carbonyl (C=O) groups excluding carboxylic acids is 2. The molecule has 0 heterocycles. The van der Waals surface area contributed by atoms with Crippen molar-refractivity contribution in [2.24, 2.45) is 0 Å². The fourth-order valence-electron chi connectivity index (χ4n) is 3.64. The van der Waals surface area contributed by atoms with Gasteiger partial charge in [-0.3, -0.25) is 9.59 Å². The van der Waals surface area contributed by atoms with Crippen LogP contribution >= 0.6 is 23.5 Å². The van der Waals surface area contributed by atoms with E-state index in [0.717, 1.165) is 23.5 Å². The quantitative estimate of drug-likeness (QED) is 0.434. The van der Waals surface area contributed by atoms with Crippen LogP contribution in [0.3, 0.4) is 0 Å². The average molecular weight is 443 g/mol. The SMILES string of the molecule is CN(C(=O)CSc1ccccc1C(=O)NCCSc1ccccc1)C1CCCCC1. The lowest BCUT2D eigenvalue weighted by Gasteiger charge is -2.31. The van der Waals surface area contributed by atoms with Crippen molar-refractivity contribution in [1.29, 1.82) is 0 Å². The molecule has 0 aliphatic heterocycles. The van der Waals surface area contributed by atoms with Gasteiger partial charge >= 0.3 is 0 Å². The van der Waals surface area contributed by atoms with Gasteiger partial charge in [-0.15, -0.1) is 23.5 Å². The molecular weight excluding hydrogens is 412 g/mol. The van der Waals surface area contributed by atoms with Gasteiger partial charge in [-0.05, 0) is 37.1 Å². The summed E-state index contributed by atoms with van der Waals surface area (Å²) in [4.78, 5) is 29.3. The summed E-state index contributed by atoms with van der Waals surface area (Å²) in [5, 5.41) is 3.00. The molecule has 0 radical (unpaired) electrons. The molecule has 6 heteroatoms. The minimum atomic E-state index is -0.0835. The molecule has 2 aromatic carbocycles. The van der Waals surface area contributed by atoms with Crippen molar-refractivity contribution in [2.75, 3.05) is 25.1 Å². The molecule has 0 spiro atoms. The van der Waals surface area contributed by atoms with E-state index in [1.54, 1.807) is 11.8 Å². The molecule has 0 atom stereocenters. The van der Waals surface area contributed by atoms with E-state index < -0.39 is 0 Å². The summed E-state index contributed by atoms with van der Waals surface area (Å²) in [5.74, 6) is 1.23. The van der Waals surface area contributed by atoms with Crippen molar-refractivity contribution >= 4 is 35.3 Å². The van der Waals surface area contributed by atoms with Crippen LogP contribution in [0, 0.1) is 0 Å². The lowest BCUT2D eigenvalue weighted by atomic mass is 9.94. The van der Waals surface area contributed by atoms with Crippen molar-refractivity contribution < 1.29 is 9.59 Å². The predicted molar refractivity (Wildman–Crippen MR) is 126 cm³/mol. The summed E-state index contributed by atoms with van der Waals surface area (Å²) in [6.07, 6.45) is 5.90. The normalized spacial score (nSPS) is 14.3. The molecule has 4 nitrogen and oxygen atoms in total. The van der Waals surface area contributed by atoms with Gasteiger partial charge in [0.05, 0.1) is 11.3 Å². The van der Waals surface area contributed by atoms with Crippen molar-refractivity contribution in [3.8, 4) is 0 Å². The van der Waals surface area contributed by atoms with Crippen LogP contribution in [0.15, 0.2) is 64.4 Å². The Balaban J connectivity index is 1.48. The molecule has 1 aliphatic carbocycles. The van der Waals surface area contributed by atoms with Gasteiger partial charge < -0.3 is 10.2 Å². The summed E-state index contributed by atoms with van der Waals surface area (Å²) in [6.45, 7) is 0.598. The average Bonchev–Trinajstić information content (AvgIpc) is 2.81. The van der Waals surface area contributed by atoms with Crippen LogP contribution in [0.2, 0.25) is 0 Å². The zero-order valence-corrected chi connectivity index (χ0v) is 19.1. The Hall–Kier alpha value is -1.92. The lowest BCUT2D eigenvalue weighted by molar-refractivity contribution is -0.129. The second-order valence-electron chi connectivity index (χ2n) is 7.50. The molecule has 0 aromatic heterocycles. The van der Waals surface area contributed by atoms with Crippen molar-refractivity contribution in [3.63, 3.8) is 0 Å². The maximum Gasteiger partial charge on any atom is 0.252 e. The number of nitrogens with zero attached hydrogens (tertiary/aromatic N) is 1. The van der Waals surface area contributed by atoms with E-state index in [-0.39, 0.29) is 11.8 Å². The highest BCUT2D eigenvalue weighted by Crippen LogP contribution is 2.26. The standard InChI is InChI=1S/C24H30N2O2S2/c1-26(19-10-4-2-5-11-19)23(27)18-30-22-15-9-8-14-21(22)24(28)25-16-17-29-20-12-6-3-7-13-20/h3,6-9,12-15,19H,2,4-5,10-11,16-18H2,1H3,(H,25,28). The molecule has 30 heavy (non-hydrogen) atoms. The Morgan fingerprint density at radius 1 is 0.967 bits per heavy atom. The van der Waals surface area contributed by atoms with Gasteiger partial charge in [0.25, 0.3) is 5.91 Å². The highest BCUT2D eigenvalue weighted by atomic mass is 32.2. The number of carbonyl (C=O) groups is 2. The van der Waals surface area contributed by atoms with E-state index in [2.05, 4.69) is 17.4 Å². The fourth-order valence-corrected chi connectivity index (χ4v) is 5.40. The zero-order chi connectivity index (χ0) is 21.2. The van der Waals surface area contributed by atoms with Gasteiger partial charge in [0.1, 0.15) is 0 Å². The molecular formula is C24H30N2O2S2. The minimum Gasteiger partial charge on any atom is -0.351 e. The number of benzene rings is 2. The molecule has 1 N–H and O–H groups in total. The van der Waals surface area contributed by atoms with E-state index in [1.807, 2.05) is 54.4 Å². The first kappa shape index (κ1) is 22.8. The molecule has 2 amide bonds. The van der Waals surface area contributed by atoms with E-state index in [0.29, 0.717) is 23.9 Å². The van der Waals surface area contributed by atoms with E-state index >= 15 is 0 Å². The third kappa shape index (κ3) is 6.81. The van der Waals surface area contributed by atoms with Crippen molar-refractivity contribution in [2.45, 2.75) is 47.9 Å². The molecule has 3 rings (SSSR count). The molecule has 0 saturated heterocycles. The van der Waals surface area contributed by atoms with Crippen LogP contribution in [0.25, 0.3) is 0 Å². The Kier molecular flexibility index (Phi) is 9.15. The second kappa shape index (κ2) is 12.1. The number of hydrogen-bond donors (Lipinski definition) is 1. The summed E-state index contributed by atoms with van der Waals surface area (Å²) in [6, 6.07) is 18.1. The van der Waals surface area contributed by atoms with E-state index in [9.17, 15) is 9.59 Å². The maximum atomic E-state index is 12.7. The van der Waals surface area contributed by atoms with Crippen LogP contribution in [-0.4, -0.2) is 47.9 Å². The van der Waals surface area contributed by atoms with Crippen molar-refractivity contribution in [1.82, 2.24) is 10.2 Å². The van der Waals surface area contributed by atoms with E-state index in [1.165, 1.54) is 35.9 Å². The number of hydrogen-bond acceptors (Lipinski definition) is 4. The zero-order valence-electron chi connectivity index (χ0n) is 17.5. The maximum absolute atomic E-state index is 12.7. The predicted octanol–water partition coefficient (Wildman–Crippen LogP) is 5.09. The number of thioether (sulfide) groups is 2. The Morgan fingerprint density at radius 3 is 2.43 bits per heavy atom. The topological polar surface area (TPSA) is 49.4 Å². The van der Waals surface area contributed by atoms with Gasteiger partial charge in [-0.1, -0.05) is 49.6 Å². The van der Waals surface area contributed by atoms with Crippen LogP contribution in [-0.2, 0) is 4.79 Å². The Morgan fingerprint density at radius 2 is 1.67 bits per heavy atom. The molecule has 1 aliphatic rings. The molecule has 0 bridgehead atoms. The number of amides is 2. The molecule has 160 valence electrons. The lowest BCUT2D eigenvalue weighted by Crippen LogP contribution is -2.39. The molecule has 2 aromatic rings. The summed E-state index contributed by atoms with van der Waals surface area (Å²) in [5.41, 5.74) is 0.639. The third-order valence-electron chi connectivity index (χ3n) is 5.40. The van der Waals surface area contributed by atoms with Crippen LogP contribution in [0.5, 0.6) is 0 Å². The monoisotopic (exact) mass is 442 g/mol. The van der Waals surface area contributed by atoms with Gasteiger partial charge in [-0.25, -0.2) is 0 Å². The summed E-state index contributed by atoms with van der Waals surface area (Å²) < 4.78 is 0. The highest BCUT2D eigenvalue weighted by Gasteiger charge is 2.22. The number of rotatable bonds is 9. The Labute approximate surface area is 188 Å². The fraction of sp³-hybridized carbons (Fsp3) is 0.417. The van der Waals surface area contributed by atoms with Gasteiger partial charge in [-0.2, -0.15) is 0 Å². The number of nitrogens with one attached hydrogen (secondary N) is 1. The molecule has 0 unspecified atom stereocenters. The van der Waals surface area contributed by atoms with E-state index in [4.69, 9.17) is 0 Å². The van der Waals surface area contributed by atoms with Crippen LogP contribution in [0.4, 0.5) is 0 Å². The van der Waals surface area contributed by atoms with Crippen LogP contribution in [0.1, 0.15) is 42.5 Å². The van der Waals surface area contributed by atoms with Gasteiger partial charge in [0, 0.05) is 35.2 Å². The van der Waals surface area contributed by atoms with Gasteiger partial charge in [0.2, 0.25) is 5.91 Å².